The van der Waals surface area contributed by atoms with Crippen molar-refractivity contribution in [3.63, 3.8) is 0 Å². The summed E-state index contributed by atoms with van der Waals surface area (Å²) in [6, 6.07) is 13.9. The average molecular weight is 387 g/mol. The molecule has 0 aliphatic heterocycles. The Morgan fingerprint density at radius 3 is 2.48 bits per heavy atom. The smallest absolute Gasteiger partial charge is 0.339 e. The Balaban J connectivity index is 1.75. The van der Waals surface area contributed by atoms with Crippen molar-refractivity contribution in [3.05, 3.63) is 76.6 Å². The number of nitro groups is 1. The first-order chi connectivity index (χ1) is 12.8. The topological polar surface area (TPSA) is 99.7 Å². The van der Waals surface area contributed by atoms with Crippen LogP contribution in [0.2, 0.25) is 0 Å². The average Bonchev–Trinajstić information content (AvgIpc) is 2.99. The fourth-order valence-electron chi connectivity index (χ4n) is 2.72. The van der Waals surface area contributed by atoms with Gasteiger partial charge in [0.2, 0.25) is 5.82 Å². The molecular formula is C18H10FNO6S. The predicted octanol–water partition coefficient (Wildman–Crippen LogP) is 4.40. The number of nitro benzene ring substituents is 1. The Morgan fingerprint density at radius 2 is 1.70 bits per heavy atom. The summed E-state index contributed by atoms with van der Waals surface area (Å²) >= 11 is 0. The zero-order valence-electron chi connectivity index (χ0n) is 13.5. The van der Waals surface area contributed by atoms with Crippen LogP contribution in [0.25, 0.3) is 21.9 Å². The van der Waals surface area contributed by atoms with Gasteiger partial charge in [0, 0.05) is 16.8 Å². The van der Waals surface area contributed by atoms with E-state index in [1.54, 1.807) is 12.1 Å². The molecule has 7 nitrogen and oxygen atoms in total. The normalized spacial score (nSPS) is 11.7. The van der Waals surface area contributed by atoms with Crippen molar-refractivity contribution >= 4 is 37.7 Å². The molecule has 0 unspecified atom stereocenters. The fraction of sp³-hybridized carbons (Fsp3) is 0. The molecule has 1 heterocycles. The number of hydrogen-bond acceptors (Lipinski definition) is 6. The van der Waals surface area contributed by atoms with Gasteiger partial charge in [0.15, 0.2) is 0 Å². The van der Waals surface area contributed by atoms with Crippen LogP contribution in [0.5, 0.6) is 5.75 Å². The predicted molar refractivity (Wildman–Crippen MR) is 94.6 cm³/mol. The van der Waals surface area contributed by atoms with E-state index in [0.29, 0.717) is 28.7 Å². The lowest BCUT2D eigenvalue weighted by atomic mass is 10.1. The Labute approximate surface area is 151 Å². The summed E-state index contributed by atoms with van der Waals surface area (Å²) in [5, 5.41) is 12.3. The molecule has 1 aromatic heterocycles. The van der Waals surface area contributed by atoms with E-state index in [1.165, 1.54) is 12.1 Å². The molecule has 0 fully saturated rings. The number of nitrogens with zero attached hydrogens (tertiary/aromatic N) is 1. The van der Waals surface area contributed by atoms with Gasteiger partial charge in [-0.1, -0.05) is 18.2 Å². The highest BCUT2D eigenvalue weighted by Gasteiger charge is 2.23. The molecule has 0 saturated heterocycles. The van der Waals surface area contributed by atoms with Crippen molar-refractivity contribution < 1.29 is 26.3 Å². The fourth-order valence-corrected chi connectivity index (χ4v) is 3.66. The third-order valence-corrected chi connectivity index (χ3v) is 5.20. The van der Waals surface area contributed by atoms with Gasteiger partial charge >= 0.3 is 15.8 Å². The van der Waals surface area contributed by atoms with E-state index in [-0.39, 0.29) is 5.75 Å². The minimum Gasteiger partial charge on any atom is -0.456 e. The van der Waals surface area contributed by atoms with Crippen molar-refractivity contribution in [1.82, 2.24) is 0 Å². The SMILES string of the molecule is O=[N+]([O-])c1cc(S(=O)(=O)Oc2ccc3oc4ccccc4c3c2)ccc1F. The minimum atomic E-state index is -4.39. The van der Waals surface area contributed by atoms with Crippen LogP contribution in [0.3, 0.4) is 0 Å². The maximum Gasteiger partial charge on any atom is 0.339 e. The maximum absolute atomic E-state index is 13.4. The van der Waals surface area contributed by atoms with Gasteiger partial charge in [-0.15, -0.1) is 0 Å². The summed E-state index contributed by atoms with van der Waals surface area (Å²) in [6.45, 7) is 0. The molecule has 0 aliphatic rings. The third-order valence-electron chi connectivity index (χ3n) is 3.96. The van der Waals surface area contributed by atoms with Crippen LogP contribution in [-0.4, -0.2) is 13.3 Å². The summed E-state index contributed by atoms with van der Waals surface area (Å²) in [4.78, 5) is 9.30. The van der Waals surface area contributed by atoms with Crippen molar-refractivity contribution in [1.29, 1.82) is 0 Å². The van der Waals surface area contributed by atoms with E-state index in [2.05, 4.69) is 0 Å². The van der Waals surface area contributed by atoms with Crippen LogP contribution in [0.1, 0.15) is 0 Å². The molecule has 0 N–H and O–H groups in total. The minimum absolute atomic E-state index is 0.000955. The van der Waals surface area contributed by atoms with Gasteiger partial charge in [-0.05, 0) is 36.4 Å². The lowest BCUT2D eigenvalue weighted by Gasteiger charge is -2.07. The zero-order valence-corrected chi connectivity index (χ0v) is 14.3. The van der Waals surface area contributed by atoms with Crippen LogP contribution in [-0.2, 0) is 10.1 Å². The van der Waals surface area contributed by atoms with Crippen LogP contribution < -0.4 is 4.18 Å². The molecule has 0 aliphatic carbocycles. The van der Waals surface area contributed by atoms with Crippen LogP contribution in [0.4, 0.5) is 10.1 Å². The van der Waals surface area contributed by atoms with Gasteiger partial charge in [0.05, 0.1) is 4.92 Å². The molecule has 27 heavy (non-hydrogen) atoms. The highest BCUT2D eigenvalue weighted by Crippen LogP contribution is 2.32. The van der Waals surface area contributed by atoms with Gasteiger partial charge in [-0.2, -0.15) is 12.8 Å². The molecule has 0 atom stereocenters. The van der Waals surface area contributed by atoms with Gasteiger partial charge in [0.1, 0.15) is 21.8 Å². The zero-order chi connectivity index (χ0) is 19.2. The van der Waals surface area contributed by atoms with Gasteiger partial charge in [-0.3, -0.25) is 10.1 Å². The first-order valence-electron chi connectivity index (χ1n) is 7.65. The number of benzene rings is 3. The summed E-state index contributed by atoms with van der Waals surface area (Å²) in [5.41, 5.74) is 0.246. The highest BCUT2D eigenvalue weighted by molar-refractivity contribution is 7.87. The Kier molecular flexibility index (Phi) is 3.81. The Bertz CT molecular complexity index is 1310. The highest BCUT2D eigenvalue weighted by atomic mass is 32.2. The second-order valence-corrected chi connectivity index (χ2v) is 7.21. The molecule has 0 amide bonds. The van der Waals surface area contributed by atoms with Crippen molar-refractivity contribution in [3.8, 4) is 5.75 Å². The number of furan rings is 1. The summed E-state index contributed by atoms with van der Waals surface area (Å²) in [5.74, 6) is -1.13. The second-order valence-electron chi connectivity index (χ2n) is 5.66. The molecule has 4 aromatic rings. The maximum atomic E-state index is 13.4. The molecule has 4 rings (SSSR count). The van der Waals surface area contributed by atoms with E-state index >= 15 is 0 Å². The quantitative estimate of drug-likeness (QED) is 0.292. The molecule has 0 spiro atoms. The number of rotatable bonds is 4. The number of para-hydroxylation sites is 1. The van der Waals surface area contributed by atoms with E-state index in [1.807, 2.05) is 18.2 Å². The van der Waals surface area contributed by atoms with E-state index in [4.69, 9.17) is 8.60 Å². The summed E-state index contributed by atoms with van der Waals surface area (Å²) in [7, 11) is -4.39. The molecule has 0 bridgehead atoms. The number of halogens is 1. The van der Waals surface area contributed by atoms with E-state index in [9.17, 15) is 22.9 Å². The van der Waals surface area contributed by atoms with Crippen molar-refractivity contribution in [2.75, 3.05) is 0 Å². The number of fused-ring (bicyclic) bond motifs is 3. The van der Waals surface area contributed by atoms with Crippen LogP contribution >= 0.6 is 0 Å². The largest absolute Gasteiger partial charge is 0.456 e. The molecule has 0 saturated carbocycles. The van der Waals surface area contributed by atoms with Gasteiger partial charge in [-0.25, -0.2) is 0 Å². The summed E-state index contributed by atoms with van der Waals surface area (Å²) in [6.07, 6.45) is 0. The lowest BCUT2D eigenvalue weighted by Crippen LogP contribution is -2.10. The molecule has 0 radical (unpaired) electrons. The second kappa shape index (κ2) is 6.06. The molecule has 136 valence electrons. The van der Waals surface area contributed by atoms with Crippen LogP contribution in [0, 0.1) is 15.9 Å². The lowest BCUT2D eigenvalue weighted by molar-refractivity contribution is -0.387. The van der Waals surface area contributed by atoms with Crippen molar-refractivity contribution in [2.24, 2.45) is 0 Å². The van der Waals surface area contributed by atoms with Gasteiger partial charge < -0.3 is 8.60 Å². The number of hydrogen-bond donors (Lipinski definition) is 0. The molecular weight excluding hydrogens is 377 g/mol. The Hall–Kier alpha value is -3.46. The van der Waals surface area contributed by atoms with Crippen LogP contribution in [0.15, 0.2) is 70.0 Å². The Morgan fingerprint density at radius 1 is 0.963 bits per heavy atom. The van der Waals surface area contributed by atoms with E-state index in [0.717, 1.165) is 11.5 Å². The summed E-state index contributed by atoms with van der Waals surface area (Å²) < 4.78 is 49.0. The standard InChI is InChI=1S/C18H10FNO6S/c19-15-7-6-12(10-16(15)20(21)22)27(23,24)26-11-5-8-18-14(9-11)13-3-1-2-4-17(13)25-18/h1-10H. The first kappa shape index (κ1) is 17.0. The van der Waals surface area contributed by atoms with Gasteiger partial charge in [0.25, 0.3) is 0 Å². The monoisotopic (exact) mass is 387 g/mol. The molecule has 9 heteroatoms. The van der Waals surface area contributed by atoms with E-state index < -0.39 is 31.4 Å². The molecule has 3 aromatic carbocycles. The van der Waals surface area contributed by atoms with Crippen molar-refractivity contribution in [2.45, 2.75) is 4.90 Å². The third kappa shape index (κ3) is 2.97. The first-order valence-corrected chi connectivity index (χ1v) is 9.06.